The van der Waals surface area contributed by atoms with Gasteiger partial charge in [0.1, 0.15) is 5.82 Å². The second-order valence-corrected chi connectivity index (χ2v) is 6.45. The minimum absolute atomic E-state index is 0. The third kappa shape index (κ3) is 3.23. The maximum atomic E-state index is 14.3. The highest BCUT2D eigenvalue weighted by Gasteiger charge is 2.39. The monoisotopic (exact) mass is 369 g/mol. The average molecular weight is 370 g/mol. The number of carbonyl (C=O) groups is 2. The van der Waals surface area contributed by atoms with Crippen molar-refractivity contribution in [2.75, 3.05) is 37.7 Å². The van der Waals surface area contributed by atoms with Crippen molar-refractivity contribution >= 4 is 29.9 Å². The predicted molar refractivity (Wildman–Crippen MR) is 92.7 cm³/mol. The number of benzene rings is 1. The maximum absolute atomic E-state index is 14.3. The molecule has 3 fully saturated rings. The Hall–Kier alpha value is -1.70. The molecule has 0 spiro atoms. The molecule has 3 saturated heterocycles. The van der Waals surface area contributed by atoms with Gasteiger partial charge in [-0.2, -0.15) is 0 Å². The first-order valence-electron chi connectivity index (χ1n) is 8.38. The van der Waals surface area contributed by atoms with Gasteiger partial charge in [0.05, 0.1) is 24.3 Å². The zero-order chi connectivity index (χ0) is 16.7. The van der Waals surface area contributed by atoms with Crippen LogP contribution in [0.25, 0.3) is 0 Å². The fourth-order valence-electron chi connectivity index (χ4n) is 3.76. The summed E-state index contributed by atoms with van der Waals surface area (Å²) in [4.78, 5) is 28.1. The Morgan fingerprint density at radius 3 is 2.88 bits per heavy atom. The Kier molecular flexibility index (Phi) is 5.27. The van der Waals surface area contributed by atoms with Gasteiger partial charge in [0.15, 0.2) is 0 Å². The van der Waals surface area contributed by atoms with Crippen molar-refractivity contribution in [3.05, 3.63) is 29.6 Å². The van der Waals surface area contributed by atoms with Gasteiger partial charge in [-0.15, -0.1) is 12.4 Å². The van der Waals surface area contributed by atoms with E-state index in [-0.39, 0.29) is 41.9 Å². The zero-order valence-corrected chi connectivity index (χ0v) is 14.6. The van der Waals surface area contributed by atoms with Crippen molar-refractivity contribution in [1.29, 1.82) is 0 Å². The van der Waals surface area contributed by atoms with Gasteiger partial charge in [0.25, 0.3) is 5.91 Å². The van der Waals surface area contributed by atoms with E-state index in [9.17, 15) is 14.0 Å². The molecule has 4 rings (SSSR count). The van der Waals surface area contributed by atoms with Crippen LogP contribution in [0.15, 0.2) is 18.2 Å². The van der Waals surface area contributed by atoms with Crippen molar-refractivity contribution in [1.82, 2.24) is 10.2 Å². The fraction of sp³-hybridized carbons (Fsp3) is 0.529. The molecule has 0 radical (unpaired) electrons. The number of amides is 2. The summed E-state index contributed by atoms with van der Waals surface area (Å²) < 4.78 is 20.0. The predicted octanol–water partition coefficient (Wildman–Crippen LogP) is 1.19. The van der Waals surface area contributed by atoms with Crippen molar-refractivity contribution in [2.45, 2.75) is 25.0 Å². The van der Waals surface area contributed by atoms with E-state index in [1.165, 1.54) is 12.1 Å². The number of morpholine rings is 1. The molecule has 136 valence electrons. The number of hydrogen-bond donors (Lipinski definition) is 1. The lowest BCUT2D eigenvalue weighted by Gasteiger charge is -2.37. The van der Waals surface area contributed by atoms with E-state index in [1.54, 1.807) is 15.9 Å². The Bertz CT molecular complexity index is 687. The molecule has 1 aromatic rings. The Morgan fingerprint density at radius 1 is 1.28 bits per heavy atom. The number of hydrogen-bond acceptors (Lipinski definition) is 4. The minimum Gasteiger partial charge on any atom is -0.373 e. The SMILES string of the molecule is Cl.O=C1CCCN1c1ccc(F)c(C(=O)N2CCO[C@H]3CNC[C@H]32)c1. The molecule has 3 aliphatic heterocycles. The fourth-order valence-corrected chi connectivity index (χ4v) is 3.76. The van der Waals surface area contributed by atoms with Crippen LogP contribution in [0.2, 0.25) is 0 Å². The molecule has 3 heterocycles. The number of carbonyl (C=O) groups excluding carboxylic acids is 2. The molecule has 1 aromatic carbocycles. The number of fused-ring (bicyclic) bond motifs is 1. The van der Waals surface area contributed by atoms with Crippen LogP contribution in [0.4, 0.5) is 10.1 Å². The molecule has 2 atom stereocenters. The number of nitrogens with zero attached hydrogens (tertiary/aromatic N) is 2. The molecule has 0 saturated carbocycles. The number of halogens is 2. The summed E-state index contributed by atoms with van der Waals surface area (Å²) in [6.07, 6.45) is 1.26. The first-order chi connectivity index (χ1) is 11.6. The molecule has 3 aliphatic rings. The molecular formula is C17H21ClFN3O3. The van der Waals surface area contributed by atoms with Gasteiger partial charge < -0.3 is 19.9 Å². The van der Waals surface area contributed by atoms with Crippen LogP contribution in [0.3, 0.4) is 0 Å². The van der Waals surface area contributed by atoms with E-state index in [1.807, 2.05) is 0 Å². The Labute approximate surface area is 151 Å². The number of nitrogens with one attached hydrogen (secondary N) is 1. The largest absolute Gasteiger partial charge is 0.373 e. The summed E-state index contributed by atoms with van der Waals surface area (Å²) in [6.45, 7) is 2.89. The van der Waals surface area contributed by atoms with E-state index in [2.05, 4.69) is 5.32 Å². The normalized spacial score (nSPS) is 25.7. The standard InChI is InChI=1S/C17H20FN3O3.ClH/c18-13-4-3-11(20-5-1-2-16(20)22)8-12(13)17(23)21-6-7-24-15-10-19-9-14(15)21;/h3-4,8,14-15,19H,1-2,5-7,9-10H2;1H/t14-,15+;/m1./s1. The highest BCUT2D eigenvalue weighted by atomic mass is 35.5. The van der Waals surface area contributed by atoms with Gasteiger partial charge in [-0.25, -0.2) is 4.39 Å². The van der Waals surface area contributed by atoms with Gasteiger partial charge in [-0.05, 0) is 24.6 Å². The van der Waals surface area contributed by atoms with Crippen LogP contribution >= 0.6 is 12.4 Å². The van der Waals surface area contributed by atoms with E-state index >= 15 is 0 Å². The molecule has 0 bridgehead atoms. The number of ether oxygens (including phenoxy) is 1. The molecule has 25 heavy (non-hydrogen) atoms. The second kappa shape index (κ2) is 7.27. The molecule has 2 amide bonds. The first kappa shape index (κ1) is 18.1. The molecule has 1 N–H and O–H groups in total. The van der Waals surface area contributed by atoms with Gasteiger partial charge in [-0.1, -0.05) is 0 Å². The summed E-state index contributed by atoms with van der Waals surface area (Å²) in [5.41, 5.74) is 0.622. The number of anilines is 1. The summed E-state index contributed by atoms with van der Waals surface area (Å²) in [7, 11) is 0. The molecule has 0 unspecified atom stereocenters. The van der Waals surface area contributed by atoms with Gasteiger partial charge in [0.2, 0.25) is 5.91 Å². The zero-order valence-electron chi connectivity index (χ0n) is 13.7. The van der Waals surface area contributed by atoms with Crippen molar-refractivity contribution < 1.29 is 18.7 Å². The van der Waals surface area contributed by atoms with E-state index in [4.69, 9.17) is 4.74 Å². The van der Waals surface area contributed by atoms with Crippen molar-refractivity contribution in [2.24, 2.45) is 0 Å². The number of rotatable bonds is 2. The van der Waals surface area contributed by atoms with Crippen LogP contribution in [0.5, 0.6) is 0 Å². The summed E-state index contributed by atoms with van der Waals surface area (Å²) in [5, 5.41) is 3.21. The lowest BCUT2D eigenvalue weighted by atomic mass is 10.1. The molecule has 8 heteroatoms. The average Bonchev–Trinajstić information content (AvgIpc) is 3.23. The highest BCUT2D eigenvalue weighted by molar-refractivity contribution is 5.99. The minimum atomic E-state index is -0.551. The van der Waals surface area contributed by atoms with Crippen LogP contribution in [-0.4, -0.2) is 61.6 Å². The van der Waals surface area contributed by atoms with Gasteiger partial charge >= 0.3 is 0 Å². The Morgan fingerprint density at radius 2 is 2.12 bits per heavy atom. The molecular weight excluding hydrogens is 349 g/mol. The highest BCUT2D eigenvalue weighted by Crippen LogP contribution is 2.26. The first-order valence-corrected chi connectivity index (χ1v) is 8.38. The third-order valence-electron chi connectivity index (χ3n) is 5.02. The van der Waals surface area contributed by atoms with E-state index in [0.29, 0.717) is 44.9 Å². The van der Waals surface area contributed by atoms with Crippen LogP contribution in [0, 0.1) is 5.82 Å². The third-order valence-corrected chi connectivity index (χ3v) is 5.02. The van der Waals surface area contributed by atoms with Crippen molar-refractivity contribution in [3.8, 4) is 0 Å². The van der Waals surface area contributed by atoms with E-state index < -0.39 is 5.82 Å². The van der Waals surface area contributed by atoms with E-state index in [0.717, 1.165) is 6.42 Å². The van der Waals surface area contributed by atoms with Gasteiger partial charge in [-0.3, -0.25) is 9.59 Å². The molecule has 6 nitrogen and oxygen atoms in total. The molecule has 0 aliphatic carbocycles. The summed E-state index contributed by atoms with van der Waals surface area (Å²) in [6, 6.07) is 4.28. The maximum Gasteiger partial charge on any atom is 0.257 e. The van der Waals surface area contributed by atoms with Crippen LogP contribution in [0.1, 0.15) is 23.2 Å². The van der Waals surface area contributed by atoms with Crippen LogP contribution < -0.4 is 10.2 Å². The smallest absolute Gasteiger partial charge is 0.257 e. The summed E-state index contributed by atoms with van der Waals surface area (Å²) in [5.74, 6) is -0.862. The lowest BCUT2D eigenvalue weighted by molar-refractivity contribution is -0.117. The summed E-state index contributed by atoms with van der Waals surface area (Å²) >= 11 is 0. The Balaban J connectivity index is 0.00000182. The lowest BCUT2D eigenvalue weighted by Crippen LogP contribution is -2.53. The topological polar surface area (TPSA) is 61.9 Å². The quantitative estimate of drug-likeness (QED) is 0.850. The van der Waals surface area contributed by atoms with Crippen molar-refractivity contribution in [3.63, 3.8) is 0 Å². The van der Waals surface area contributed by atoms with Gasteiger partial charge in [0, 0.05) is 38.3 Å². The molecule has 0 aromatic heterocycles. The second-order valence-electron chi connectivity index (χ2n) is 6.45. The van der Waals surface area contributed by atoms with Crippen LogP contribution in [-0.2, 0) is 9.53 Å².